The van der Waals surface area contributed by atoms with Crippen molar-refractivity contribution in [3.63, 3.8) is 0 Å². The third-order valence-electron chi connectivity index (χ3n) is 5.53. The summed E-state index contributed by atoms with van der Waals surface area (Å²) in [5.41, 5.74) is 2.92. The van der Waals surface area contributed by atoms with Crippen molar-refractivity contribution < 1.29 is 9.90 Å². The van der Waals surface area contributed by atoms with E-state index in [9.17, 15) is 9.90 Å². The number of nitrogens with zero attached hydrogens (tertiary/aromatic N) is 2. The van der Waals surface area contributed by atoms with Crippen LogP contribution in [0.2, 0.25) is 5.02 Å². The van der Waals surface area contributed by atoms with Crippen molar-refractivity contribution in [2.45, 2.75) is 66.2 Å². The van der Waals surface area contributed by atoms with E-state index in [-0.39, 0.29) is 16.7 Å². The highest BCUT2D eigenvalue weighted by Gasteiger charge is 2.34. The Morgan fingerprint density at radius 1 is 1.03 bits per heavy atom. The molecule has 0 unspecified atom stereocenters. The number of benzene rings is 2. The van der Waals surface area contributed by atoms with E-state index in [1.807, 2.05) is 30.3 Å². The predicted molar refractivity (Wildman–Crippen MR) is 146 cm³/mol. The van der Waals surface area contributed by atoms with Gasteiger partial charge in [-0.15, -0.1) is 0 Å². The molecule has 0 aromatic heterocycles. The fourth-order valence-corrected chi connectivity index (χ4v) is 4.91. The summed E-state index contributed by atoms with van der Waals surface area (Å²) in [5.74, 6) is 0.584. The van der Waals surface area contributed by atoms with Gasteiger partial charge in [0.25, 0.3) is 5.91 Å². The Bertz CT molecular complexity index is 1100. The van der Waals surface area contributed by atoms with Crippen LogP contribution in [0.15, 0.2) is 46.3 Å². The monoisotopic (exact) mass is 498 g/mol. The maximum atomic E-state index is 13.4. The molecule has 0 bridgehead atoms. The fraction of sp³-hybridized carbons (Fsp3) is 0.429. The van der Waals surface area contributed by atoms with E-state index < -0.39 is 0 Å². The Hall–Kier alpha value is -2.24. The molecule has 1 saturated heterocycles. The minimum atomic E-state index is -0.240. The second kappa shape index (κ2) is 9.79. The summed E-state index contributed by atoms with van der Waals surface area (Å²) < 4.78 is 0. The zero-order chi connectivity index (χ0) is 25.4. The molecular weight excluding hydrogens is 464 g/mol. The highest BCUT2D eigenvalue weighted by atomic mass is 35.5. The van der Waals surface area contributed by atoms with E-state index in [0.29, 0.717) is 33.3 Å². The van der Waals surface area contributed by atoms with Crippen molar-refractivity contribution in [2.24, 2.45) is 10.9 Å². The van der Waals surface area contributed by atoms with Gasteiger partial charge in [-0.2, -0.15) is 0 Å². The normalized spacial score (nSPS) is 17.5. The number of phenols is 1. The molecule has 1 aliphatic rings. The van der Waals surface area contributed by atoms with Gasteiger partial charge in [-0.3, -0.25) is 9.69 Å². The van der Waals surface area contributed by atoms with Gasteiger partial charge in [-0.1, -0.05) is 67.0 Å². The molecule has 0 spiro atoms. The highest BCUT2D eigenvalue weighted by molar-refractivity contribution is 8.18. The Balaban J connectivity index is 2.10. The van der Waals surface area contributed by atoms with Gasteiger partial charge >= 0.3 is 0 Å². The molecular formula is C28H35ClN2O2S. The third-order valence-corrected chi connectivity index (χ3v) is 6.79. The lowest BCUT2D eigenvalue weighted by Gasteiger charge is -2.28. The molecule has 182 valence electrons. The van der Waals surface area contributed by atoms with Crippen molar-refractivity contribution in [1.29, 1.82) is 0 Å². The van der Waals surface area contributed by atoms with Gasteiger partial charge in [0.15, 0.2) is 5.17 Å². The zero-order valence-electron chi connectivity index (χ0n) is 21.4. The highest BCUT2D eigenvalue weighted by Crippen LogP contribution is 2.41. The van der Waals surface area contributed by atoms with Crippen molar-refractivity contribution in [3.8, 4) is 5.75 Å². The third kappa shape index (κ3) is 6.05. The van der Waals surface area contributed by atoms with Crippen LogP contribution < -0.4 is 0 Å². The summed E-state index contributed by atoms with van der Waals surface area (Å²) in [4.78, 5) is 20.5. The SMILES string of the molecule is CC(C)CN1C(=O)/C(=C/c2cc(C(C)(C)C)c(O)c(C(C)(C)C)c2)SC1=Nc1ccc(Cl)cc1. The summed E-state index contributed by atoms with van der Waals surface area (Å²) >= 11 is 7.40. The first-order valence-electron chi connectivity index (χ1n) is 11.6. The van der Waals surface area contributed by atoms with Crippen molar-refractivity contribution in [2.75, 3.05) is 6.54 Å². The summed E-state index contributed by atoms with van der Waals surface area (Å²) in [6, 6.07) is 11.3. The van der Waals surface area contributed by atoms with Crippen molar-refractivity contribution in [1.82, 2.24) is 4.90 Å². The topological polar surface area (TPSA) is 52.9 Å². The van der Waals surface area contributed by atoms with Crippen LogP contribution in [0.4, 0.5) is 5.69 Å². The Kier molecular flexibility index (Phi) is 7.59. The van der Waals surface area contributed by atoms with Gasteiger partial charge in [0.05, 0.1) is 10.6 Å². The first-order chi connectivity index (χ1) is 15.7. The first-order valence-corrected chi connectivity index (χ1v) is 12.8. The quantitative estimate of drug-likeness (QED) is 0.436. The predicted octanol–water partition coefficient (Wildman–Crippen LogP) is 7.90. The Morgan fingerprint density at radius 3 is 2.03 bits per heavy atom. The van der Waals surface area contributed by atoms with E-state index in [2.05, 4.69) is 55.4 Å². The number of hydrogen-bond acceptors (Lipinski definition) is 4. The summed E-state index contributed by atoms with van der Waals surface area (Å²) in [6.45, 7) is 17.3. The molecule has 0 atom stereocenters. The van der Waals surface area contributed by atoms with E-state index in [0.717, 1.165) is 22.4 Å². The number of halogens is 1. The van der Waals surface area contributed by atoms with E-state index in [4.69, 9.17) is 16.6 Å². The number of phenolic OH excluding ortho intramolecular Hbond substituents is 1. The number of hydrogen-bond donors (Lipinski definition) is 1. The van der Waals surface area contributed by atoms with E-state index in [1.165, 1.54) is 11.8 Å². The molecule has 3 rings (SSSR count). The van der Waals surface area contributed by atoms with Gasteiger partial charge < -0.3 is 5.11 Å². The number of amides is 1. The van der Waals surface area contributed by atoms with Crippen LogP contribution in [0.5, 0.6) is 5.75 Å². The lowest BCUT2D eigenvalue weighted by atomic mass is 9.78. The largest absolute Gasteiger partial charge is 0.507 e. The van der Waals surface area contributed by atoms with Gasteiger partial charge in [0.2, 0.25) is 0 Å². The van der Waals surface area contributed by atoms with Gasteiger partial charge in [-0.25, -0.2) is 4.99 Å². The van der Waals surface area contributed by atoms with Crippen molar-refractivity contribution in [3.05, 3.63) is 63.0 Å². The molecule has 2 aromatic carbocycles. The Labute approximate surface area is 213 Å². The molecule has 4 nitrogen and oxygen atoms in total. The molecule has 34 heavy (non-hydrogen) atoms. The number of carbonyl (C=O) groups is 1. The van der Waals surface area contributed by atoms with Crippen LogP contribution in [0, 0.1) is 5.92 Å². The molecule has 1 fully saturated rings. The van der Waals surface area contributed by atoms with Crippen molar-refractivity contribution >= 4 is 46.2 Å². The first kappa shape index (κ1) is 26.4. The zero-order valence-corrected chi connectivity index (χ0v) is 22.9. The van der Waals surface area contributed by atoms with Crippen LogP contribution in [-0.4, -0.2) is 27.6 Å². The van der Waals surface area contributed by atoms with E-state index >= 15 is 0 Å². The molecule has 1 heterocycles. The Morgan fingerprint density at radius 2 is 1.56 bits per heavy atom. The maximum absolute atomic E-state index is 13.4. The average Bonchev–Trinajstić information content (AvgIpc) is 2.97. The minimum absolute atomic E-state index is 0.0471. The maximum Gasteiger partial charge on any atom is 0.266 e. The van der Waals surface area contributed by atoms with Crippen LogP contribution in [0.1, 0.15) is 72.1 Å². The lowest BCUT2D eigenvalue weighted by molar-refractivity contribution is -0.122. The second-order valence-electron chi connectivity index (χ2n) is 11.3. The number of carbonyl (C=O) groups excluding carboxylic acids is 1. The lowest BCUT2D eigenvalue weighted by Crippen LogP contribution is -2.32. The summed E-state index contributed by atoms with van der Waals surface area (Å²) in [7, 11) is 0. The number of aliphatic imine (C=N–C) groups is 1. The molecule has 0 radical (unpaired) electrons. The van der Waals surface area contributed by atoms with E-state index in [1.54, 1.807) is 17.0 Å². The molecule has 6 heteroatoms. The summed E-state index contributed by atoms with van der Waals surface area (Å²) in [5, 5.41) is 12.3. The fourth-order valence-electron chi connectivity index (χ4n) is 3.78. The number of aromatic hydroxyl groups is 1. The van der Waals surface area contributed by atoms with Crippen LogP contribution in [0.3, 0.4) is 0 Å². The van der Waals surface area contributed by atoms with Gasteiger partial charge in [-0.05, 0) is 76.5 Å². The van der Waals surface area contributed by atoms with Gasteiger partial charge in [0, 0.05) is 22.7 Å². The number of rotatable bonds is 4. The average molecular weight is 499 g/mol. The molecule has 1 amide bonds. The molecule has 0 saturated carbocycles. The van der Waals surface area contributed by atoms with Crippen LogP contribution in [-0.2, 0) is 15.6 Å². The van der Waals surface area contributed by atoms with Crippen LogP contribution in [0.25, 0.3) is 6.08 Å². The van der Waals surface area contributed by atoms with Crippen LogP contribution >= 0.6 is 23.4 Å². The second-order valence-corrected chi connectivity index (χ2v) is 12.7. The standard InChI is InChI=1S/C28H35ClN2O2S/c1-17(2)16-31-25(33)23(34-26(31)30-20-11-9-19(29)10-12-20)15-18-13-21(27(3,4)5)24(32)22(14-18)28(6,7)8/h9-15,17,32H,16H2,1-8H3/b23-15-,30-26?. The molecule has 2 aromatic rings. The van der Waals surface area contributed by atoms with Gasteiger partial charge in [0.1, 0.15) is 5.75 Å². The minimum Gasteiger partial charge on any atom is -0.507 e. The molecule has 0 aliphatic carbocycles. The smallest absolute Gasteiger partial charge is 0.266 e. The number of thioether (sulfide) groups is 1. The summed E-state index contributed by atoms with van der Waals surface area (Å²) in [6.07, 6.45) is 1.93. The molecule has 1 aliphatic heterocycles. The molecule has 1 N–H and O–H groups in total. The number of amidine groups is 1.